The molecular formula is C21H17ClN2O4S. The van der Waals surface area contributed by atoms with Crippen molar-refractivity contribution in [3.8, 4) is 5.75 Å². The highest BCUT2D eigenvalue weighted by Gasteiger charge is 2.17. The topological polar surface area (TPSA) is 84.8 Å². The van der Waals surface area contributed by atoms with Crippen molar-refractivity contribution in [1.29, 1.82) is 0 Å². The molecule has 3 rings (SSSR count). The lowest BCUT2D eigenvalue weighted by atomic mass is 10.2. The number of hydrogen-bond donors (Lipinski definition) is 1. The van der Waals surface area contributed by atoms with E-state index in [1.165, 1.54) is 30.5 Å². The third-order valence-electron chi connectivity index (χ3n) is 3.88. The van der Waals surface area contributed by atoms with E-state index in [-0.39, 0.29) is 10.6 Å². The van der Waals surface area contributed by atoms with Crippen molar-refractivity contribution in [3.05, 3.63) is 94.5 Å². The molecule has 0 saturated carbocycles. The van der Waals surface area contributed by atoms with Gasteiger partial charge in [-0.3, -0.25) is 4.79 Å². The molecule has 0 aliphatic rings. The molecule has 148 valence electrons. The average Bonchev–Trinajstić information content (AvgIpc) is 2.69. The van der Waals surface area contributed by atoms with Crippen LogP contribution in [0.1, 0.15) is 21.5 Å². The normalized spacial score (nSPS) is 11.4. The number of nitrogens with zero attached hydrogens (tertiary/aromatic N) is 1. The summed E-state index contributed by atoms with van der Waals surface area (Å²) in [7, 11) is -4.01. The Bertz CT molecular complexity index is 1160. The lowest BCUT2D eigenvalue weighted by molar-refractivity contribution is 0.0955. The lowest BCUT2D eigenvalue weighted by Crippen LogP contribution is -2.17. The van der Waals surface area contributed by atoms with Gasteiger partial charge in [-0.2, -0.15) is 13.5 Å². The summed E-state index contributed by atoms with van der Waals surface area (Å²) in [6.07, 6.45) is 1.31. The summed E-state index contributed by atoms with van der Waals surface area (Å²) in [5, 5.41) is 4.31. The zero-order valence-electron chi connectivity index (χ0n) is 15.4. The van der Waals surface area contributed by atoms with Gasteiger partial charge in [0.25, 0.3) is 5.91 Å². The Morgan fingerprint density at radius 2 is 1.76 bits per heavy atom. The Kier molecular flexibility index (Phi) is 6.31. The summed E-state index contributed by atoms with van der Waals surface area (Å²) >= 11 is 5.87. The molecule has 8 heteroatoms. The minimum atomic E-state index is -4.01. The minimum Gasteiger partial charge on any atom is -0.378 e. The standard InChI is InChI=1S/C21H17ClN2O4S/c1-15-9-11-19(12-10-15)29(26,27)28-20-8-3-2-5-17(20)14-23-24-21(25)16-6-4-7-18(22)13-16/h2-14H,1H3,(H,24,25)/b23-14+. The van der Waals surface area contributed by atoms with Gasteiger partial charge in [0.1, 0.15) is 4.90 Å². The number of hydrogen-bond acceptors (Lipinski definition) is 5. The van der Waals surface area contributed by atoms with Gasteiger partial charge in [0.15, 0.2) is 5.75 Å². The molecule has 0 fully saturated rings. The van der Waals surface area contributed by atoms with Crippen molar-refractivity contribution < 1.29 is 17.4 Å². The van der Waals surface area contributed by atoms with E-state index < -0.39 is 16.0 Å². The smallest absolute Gasteiger partial charge is 0.339 e. The molecule has 0 saturated heterocycles. The molecule has 0 aromatic heterocycles. The molecule has 0 atom stereocenters. The minimum absolute atomic E-state index is 0.0455. The molecule has 0 aliphatic heterocycles. The maximum absolute atomic E-state index is 12.5. The van der Waals surface area contributed by atoms with Crippen molar-refractivity contribution in [2.45, 2.75) is 11.8 Å². The third kappa shape index (κ3) is 5.43. The van der Waals surface area contributed by atoms with Gasteiger partial charge >= 0.3 is 10.1 Å². The molecule has 3 aromatic carbocycles. The first-order valence-corrected chi connectivity index (χ1v) is 10.3. The maximum atomic E-state index is 12.5. The highest BCUT2D eigenvalue weighted by molar-refractivity contribution is 7.87. The molecule has 0 radical (unpaired) electrons. The van der Waals surface area contributed by atoms with E-state index in [9.17, 15) is 13.2 Å². The zero-order valence-corrected chi connectivity index (χ0v) is 16.9. The average molecular weight is 429 g/mol. The van der Waals surface area contributed by atoms with Crippen molar-refractivity contribution in [2.24, 2.45) is 5.10 Å². The van der Waals surface area contributed by atoms with Gasteiger partial charge in [-0.1, -0.05) is 47.5 Å². The number of benzene rings is 3. The molecule has 0 bridgehead atoms. The summed E-state index contributed by atoms with van der Waals surface area (Å²) in [5.41, 5.74) is 4.04. The molecule has 3 aromatic rings. The molecule has 29 heavy (non-hydrogen) atoms. The SMILES string of the molecule is Cc1ccc(S(=O)(=O)Oc2ccccc2/C=N/NC(=O)c2cccc(Cl)c2)cc1. The van der Waals surface area contributed by atoms with Crippen molar-refractivity contribution in [2.75, 3.05) is 0 Å². The van der Waals surface area contributed by atoms with Crippen LogP contribution in [0.3, 0.4) is 0 Å². The Morgan fingerprint density at radius 3 is 2.48 bits per heavy atom. The van der Waals surface area contributed by atoms with Gasteiger partial charge in [0, 0.05) is 16.1 Å². The van der Waals surface area contributed by atoms with Crippen LogP contribution >= 0.6 is 11.6 Å². The highest BCUT2D eigenvalue weighted by Crippen LogP contribution is 2.22. The first-order valence-electron chi connectivity index (χ1n) is 8.54. The van der Waals surface area contributed by atoms with Crippen LogP contribution < -0.4 is 9.61 Å². The summed E-state index contributed by atoms with van der Waals surface area (Å²) in [6, 6.07) is 19.2. The van der Waals surface area contributed by atoms with E-state index in [1.54, 1.807) is 48.5 Å². The molecule has 1 N–H and O–H groups in total. The number of hydrazone groups is 1. The van der Waals surface area contributed by atoms with Crippen molar-refractivity contribution in [3.63, 3.8) is 0 Å². The Balaban J connectivity index is 1.76. The monoisotopic (exact) mass is 428 g/mol. The van der Waals surface area contributed by atoms with Gasteiger partial charge in [-0.15, -0.1) is 0 Å². The number of amides is 1. The lowest BCUT2D eigenvalue weighted by Gasteiger charge is -2.09. The number of aryl methyl sites for hydroxylation is 1. The predicted octanol–water partition coefficient (Wildman–Crippen LogP) is 4.18. The largest absolute Gasteiger partial charge is 0.378 e. The van der Waals surface area contributed by atoms with Gasteiger partial charge in [-0.05, 0) is 49.4 Å². The van der Waals surface area contributed by atoms with Crippen molar-refractivity contribution in [1.82, 2.24) is 5.43 Å². The fourth-order valence-electron chi connectivity index (χ4n) is 2.39. The number of halogens is 1. The number of carbonyl (C=O) groups is 1. The molecule has 0 unspecified atom stereocenters. The zero-order chi connectivity index (χ0) is 20.9. The fourth-order valence-corrected chi connectivity index (χ4v) is 3.53. The van der Waals surface area contributed by atoms with Crippen LogP contribution in [0.25, 0.3) is 0 Å². The summed E-state index contributed by atoms with van der Waals surface area (Å²) in [4.78, 5) is 12.1. The number of carbonyl (C=O) groups excluding carboxylic acids is 1. The second kappa shape index (κ2) is 8.89. The van der Waals surface area contributed by atoms with Crippen LogP contribution in [-0.4, -0.2) is 20.5 Å². The van der Waals surface area contributed by atoms with Crippen LogP contribution in [0.4, 0.5) is 0 Å². The highest BCUT2D eigenvalue weighted by atomic mass is 35.5. The molecular weight excluding hydrogens is 412 g/mol. The quantitative estimate of drug-likeness (QED) is 0.362. The Morgan fingerprint density at radius 1 is 1.03 bits per heavy atom. The first-order chi connectivity index (χ1) is 13.8. The molecule has 0 spiro atoms. The molecule has 6 nitrogen and oxygen atoms in total. The van der Waals surface area contributed by atoms with E-state index in [0.717, 1.165) is 5.56 Å². The van der Waals surface area contributed by atoms with E-state index >= 15 is 0 Å². The summed E-state index contributed by atoms with van der Waals surface area (Å²) < 4.78 is 30.3. The first kappa shape index (κ1) is 20.6. The number of nitrogens with one attached hydrogen (secondary N) is 1. The van der Waals surface area contributed by atoms with Crippen molar-refractivity contribution >= 4 is 33.8 Å². The maximum Gasteiger partial charge on any atom is 0.339 e. The van der Waals surface area contributed by atoms with E-state index in [2.05, 4.69) is 10.5 Å². The molecule has 0 heterocycles. The van der Waals surface area contributed by atoms with Gasteiger partial charge in [-0.25, -0.2) is 5.43 Å². The number of para-hydroxylation sites is 1. The van der Waals surface area contributed by atoms with E-state index in [0.29, 0.717) is 16.1 Å². The second-order valence-electron chi connectivity index (χ2n) is 6.10. The molecule has 0 aliphatic carbocycles. The van der Waals surface area contributed by atoms with Gasteiger partial charge in [0.05, 0.1) is 6.21 Å². The van der Waals surface area contributed by atoms with Crippen LogP contribution in [0.5, 0.6) is 5.75 Å². The predicted molar refractivity (Wildman–Crippen MR) is 112 cm³/mol. The second-order valence-corrected chi connectivity index (χ2v) is 8.08. The Hall–Kier alpha value is -3.16. The van der Waals surface area contributed by atoms with Gasteiger partial charge in [0.2, 0.25) is 0 Å². The van der Waals surface area contributed by atoms with Crippen LogP contribution in [-0.2, 0) is 10.1 Å². The Labute approximate surface area is 173 Å². The van der Waals surface area contributed by atoms with E-state index in [4.69, 9.17) is 15.8 Å². The van der Waals surface area contributed by atoms with Crippen LogP contribution in [0.15, 0.2) is 82.8 Å². The summed E-state index contributed by atoms with van der Waals surface area (Å²) in [5.74, 6) is -0.358. The van der Waals surface area contributed by atoms with E-state index in [1.807, 2.05) is 6.92 Å². The van der Waals surface area contributed by atoms with Gasteiger partial charge < -0.3 is 4.18 Å². The number of rotatable bonds is 6. The summed E-state index contributed by atoms with van der Waals surface area (Å²) in [6.45, 7) is 1.86. The fraction of sp³-hybridized carbons (Fsp3) is 0.0476. The molecule has 1 amide bonds. The third-order valence-corrected chi connectivity index (χ3v) is 5.37. The van der Waals surface area contributed by atoms with Crippen LogP contribution in [0, 0.1) is 6.92 Å². The van der Waals surface area contributed by atoms with Crippen LogP contribution in [0.2, 0.25) is 5.02 Å².